The van der Waals surface area contributed by atoms with Crippen LogP contribution in [-0.4, -0.2) is 62.4 Å². The molecule has 2 aliphatic carbocycles. The van der Waals surface area contributed by atoms with Crippen molar-refractivity contribution in [3.05, 3.63) is 52.6 Å². The number of carboxylic acids is 1. The molecule has 2 N–H and O–H groups in total. The number of Topliss-reactive ketones (excluding diaryl/α,β-unsaturated/α-hetero) is 1. The van der Waals surface area contributed by atoms with E-state index in [1.807, 2.05) is 37.3 Å². The summed E-state index contributed by atoms with van der Waals surface area (Å²) in [5.74, 6) is 0.605. The highest BCUT2D eigenvalue weighted by Gasteiger charge is 2.60. The predicted octanol–water partition coefficient (Wildman–Crippen LogP) is 5.55. The molecule has 5 atom stereocenters. The summed E-state index contributed by atoms with van der Waals surface area (Å²) in [6.07, 6.45) is 13.5. The summed E-state index contributed by atoms with van der Waals surface area (Å²) in [7, 11) is 1.79. The molecule has 240 valence electrons. The number of pyridine rings is 1. The number of amides is 1. The van der Waals surface area contributed by atoms with Crippen molar-refractivity contribution in [1.29, 1.82) is 0 Å². The Morgan fingerprint density at radius 2 is 2.04 bits per heavy atom. The van der Waals surface area contributed by atoms with E-state index in [0.29, 0.717) is 59.9 Å². The quantitative estimate of drug-likeness (QED) is 0.274. The van der Waals surface area contributed by atoms with Crippen LogP contribution in [0.2, 0.25) is 0 Å². The summed E-state index contributed by atoms with van der Waals surface area (Å²) >= 11 is 1.38. The molecule has 46 heavy (non-hydrogen) atoms. The van der Waals surface area contributed by atoms with Gasteiger partial charge >= 0.3 is 5.97 Å². The number of carbonyl (C=O) groups excluding carboxylic acids is 2. The summed E-state index contributed by atoms with van der Waals surface area (Å²) in [6.45, 7) is 2.39. The fourth-order valence-electron chi connectivity index (χ4n) is 7.16. The van der Waals surface area contributed by atoms with Gasteiger partial charge in [-0.1, -0.05) is 18.2 Å². The number of aliphatic carboxylic acids is 1. The van der Waals surface area contributed by atoms with Crippen LogP contribution in [0.3, 0.4) is 0 Å². The van der Waals surface area contributed by atoms with Crippen molar-refractivity contribution in [3.63, 3.8) is 0 Å². The third-order valence-corrected chi connectivity index (χ3v) is 10.9. The second kappa shape index (κ2) is 13.0. The molecule has 1 amide bonds. The van der Waals surface area contributed by atoms with Crippen molar-refractivity contribution in [1.82, 2.24) is 14.9 Å². The number of carbonyl (C=O) groups is 3. The largest absolute Gasteiger partial charge is 0.490 e. The number of ether oxygens (including phenoxy) is 1. The molecule has 10 heteroatoms. The first-order valence-corrected chi connectivity index (χ1v) is 16.8. The molecule has 3 aliphatic rings. The van der Waals surface area contributed by atoms with Crippen molar-refractivity contribution in [2.75, 3.05) is 13.6 Å². The number of aliphatic hydroxyl groups is 1. The molecule has 0 radical (unpaired) electrons. The molecule has 0 saturated heterocycles. The van der Waals surface area contributed by atoms with Gasteiger partial charge in [0, 0.05) is 48.7 Å². The zero-order valence-electron chi connectivity index (χ0n) is 26.2. The average Bonchev–Trinajstić information content (AvgIpc) is 3.53. The molecule has 0 spiro atoms. The fraction of sp³-hybridized carbons (Fsp3) is 0.472. The fourth-order valence-corrected chi connectivity index (χ4v) is 7.88. The maximum atomic E-state index is 14.0. The summed E-state index contributed by atoms with van der Waals surface area (Å²) in [4.78, 5) is 51.3. The predicted molar refractivity (Wildman–Crippen MR) is 175 cm³/mol. The van der Waals surface area contributed by atoms with Gasteiger partial charge < -0.3 is 19.8 Å². The van der Waals surface area contributed by atoms with Gasteiger partial charge in [0.25, 0.3) is 0 Å². The Balaban J connectivity index is 1.34. The topological polar surface area (TPSA) is 130 Å². The molecule has 3 aromatic rings. The van der Waals surface area contributed by atoms with Crippen molar-refractivity contribution in [2.45, 2.75) is 71.0 Å². The van der Waals surface area contributed by atoms with Crippen LogP contribution >= 0.6 is 11.3 Å². The minimum Gasteiger partial charge on any atom is -0.490 e. The molecule has 6 rings (SSSR count). The van der Waals surface area contributed by atoms with Gasteiger partial charge in [0.15, 0.2) is 0 Å². The van der Waals surface area contributed by atoms with Gasteiger partial charge in [0.05, 0.1) is 23.6 Å². The van der Waals surface area contributed by atoms with Gasteiger partial charge in [-0.3, -0.25) is 14.4 Å². The molecule has 9 nitrogen and oxygen atoms in total. The molecule has 1 aliphatic heterocycles. The number of terminal acetylenes is 1. The average molecular weight is 642 g/mol. The zero-order valence-corrected chi connectivity index (χ0v) is 27.0. The van der Waals surface area contributed by atoms with Crippen molar-refractivity contribution in [3.8, 4) is 28.8 Å². The summed E-state index contributed by atoms with van der Waals surface area (Å²) in [5, 5.41) is 23.3. The molecule has 0 bridgehead atoms. The van der Waals surface area contributed by atoms with Crippen LogP contribution in [0.5, 0.6) is 5.75 Å². The van der Waals surface area contributed by atoms with E-state index >= 15 is 0 Å². The molecular formula is C36H39N3O6S. The van der Waals surface area contributed by atoms with E-state index in [9.17, 15) is 24.6 Å². The van der Waals surface area contributed by atoms with Gasteiger partial charge in [0.2, 0.25) is 5.91 Å². The molecule has 2 fully saturated rings. The highest BCUT2D eigenvalue weighted by Crippen LogP contribution is 2.57. The molecule has 1 aromatic carbocycles. The first-order valence-electron chi connectivity index (χ1n) is 16.0. The number of rotatable bonds is 5. The SMILES string of the molecule is C#Cc1csc(-c2cc(O[C@H]3CC[C@H]4C(=O)N(C)CCCC/C=C\[C@@H]5C[C@@]5(C(=O)O)CC(=O)[C@@H]4C3)c3ccc(CO)c(C)c3n2)n1. The first-order chi connectivity index (χ1) is 22.1. The van der Waals surface area contributed by atoms with Crippen LogP contribution in [0.4, 0.5) is 0 Å². The van der Waals surface area contributed by atoms with Crippen molar-refractivity contribution < 1.29 is 29.3 Å². The number of aryl methyl sites for hydroxylation is 1. The third kappa shape index (κ3) is 6.06. The number of aliphatic hydroxyl groups excluding tert-OH is 1. The summed E-state index contributed by atoms with van der Waals surface area (Å²) < 4.78 is 6.70. The van der Waals surface area contributed by atoms with Crippen molar-refractivity contribution >= 4 is 39.9 Å². The summed E-state index contributed by atoms with van der Waals surface area (Å²) in [5.41, 5.74) is 2.24. The van der Waals surface area contributed by atoms with E-state index in [1.165, 1.54) is 11.3 Å². The second-order valence-corrected chi connectivity index (χ2v) is 13.8. The Kier molecular flexibility index (Phi) is 8.99. The van der Waals surface area contributed by atoms with E-state index in [-0.39, 0.29) is 36.7 Å². The lowest BCUT2D eigenvalue weighted by molar-refractivity contribution is -0.148. The maximum absolute atomic E-state index is 14.0. The van der Waals surface area contributed by atoms with E-state index in [4.69, 9.17) is 16.1 Å². The van der Waals surface area contributed by atoms with Gasteiger partial charge in [-0.2, -0.15) is 0 Å². The second-order valence-electron chi connectivity index (χ2n) is 13.0. The van der Waals surface area contributed by atoms with Gasteiger partial charge in [-0.15, -0.1) is 17.8 Å². The van der Waals surface area contributed by atoms with Crippen LogP contribution in [0.15, 0.2) is 35.7 Å². The Morgan fingerprint density at radius 3 is 2.78 bits per heavy atom. The minimum absolute atomic E-state index is 0.0574. The maximum Gasteiger partial charge on any atom is 0.310 e. The number of aromatic nitrogens is 2. The highest BCUT2D eigenvalue weighted by molar-refractivity contribution is 7.13. The number of nitrogens with zero attached hydrogens (tertiary/aromatic N) is 3. The standard InChI is InChI=1S/C36H39N3O6S/c1-4-24-20-46-33(37-24)29-16-31(27-12-10-22(19-40)21(2)32(27)38-29)45-25-11-13-26-28(15-25)30(41)18-36(35(43)44)17-23(36)9-7-5-6-8-14-39(3)34(26)42/h1,7,9-10,12,16,20,23,25-26,28,40H,5-6,8,11,13-15,17-19H2,2-3H3,(H,43,44)/b9-7-/t23-,25+,26-,28-,36-/m1/s1. The molecule has 2 saturated carbocycles. The Bertz CT molecular complexity index is 1760. The Hall–Kier alpha value is -4.07. The molecular weight excluding hydrogens is 602 g/mol. The first kappa shape index (κ1) is 31.9. The van der Waals surface area contributed by atoms with E-state index in [1.54, 1.807) is 17.3 Å². The van der Waals surface area contributed by atoms with Crippen LogP contribution in [-0.2, 0) is 21.0 Å². The number of hydrogen-bond acceptors (Lipinski definition) is 8. The van der Waals surface area contributed by atoms with E-state index in [2.05, 4.69) is 10.9 Å². The smallest absolute Gasteiger partial charge is 0.310 e. The summed E-state index contributed by atoms with van der Waals surface area (Å²) in [6, 6.07) is 5.56. The van der Waals surface area contributed by atoms with Crippen LogP contribution in [0.1, 0.15) is 68.2 Å². The molecule has 0 unspecified atom stereocenters. The van der Waals surface area contributed by atoms with E-state index in [0.717, 1.165) is 35.8 Å². The number of fused-ring (bicyclic) bond motifs is 3. The normalized spacial score (nSPS) is 27.7. The minimum atomic E-state index is -1.10. The lowest BCUT2D eigenvalue weighted by atomic mass is 9.72. The van der Waals surface area contributed by atoms with Gasteiger partial charge in [-0.05, 0) is 80.9 Å². The van der Waals surface area contributed by atoms with Gasteiger partial charge in [-0.25, -0.2) is 9.97 Å². The number of carboxylic acid groups (broad SMARTS) is 1. The Labute approximate surface area is 272 Å². The monoisotopic (exact) mass is 641 g/mol. The van der Waals surface area contributed by atoms with Crippen molar-refractivity contribution in [2.24, 2.45) is 23.2 Å². The Morgan fingerprint density at radius 1 is 1.22 bits per heavy atom. The third-order valence-electron chi connectivity index (χ3n) is 10.1. The number of thiazole rings is 1. The van der Waals surface area contributed by atoms with E-state index < -0.39 is 23.2 Å². The lowest BCUT2D eigenvalue weighted by Crippen LogP contribution is -2.45. The number of ketones is 1. The number of benzene rings is 1. The van der Waals surface area contributed by atoms with Crippen LogP contribution in [0.25, 0.3) is 21.6 Å². The number of hydrogen-bond donors (Lipinski definition) is 2. The van der Waals surface area contributed by atoms with Crippen LogP contribution < -0.4 is 4.74 Å². The molecule has 2 aromatic heterocycles. The highest BCUT2D eigenvalue weighted by atomic mass is 32.1. The van der Waals surface area contributed by atoms with Gasteiger partial charge in [0.1, 0.15) is 27.9 Å². The molecule has 3 heterocycles. The zero-order chi connectivity index (χ0) is 32.6. The lowest BCUT2D eigenvalue weighted by Gasteiger charge is -2.37. The van der Waals surface area contributed by atoms with Crippen LogP contribution in [0, 0.1) is 42.4 Å². The number of allylic oxidation sites excluding steroid dienone is 2.